The Bertz CT molecular complexity index is 938. The summed E-state index contributed by atoms with van der Waals surface area (Å²) in [6.07, 6.45) is 4.19. The van der Waals surface area contributed by atoms with E-state index in [0.29, 0.717) is 12.0 Å². The van der Waals surface area contributed by atoms with Gasteiger partial charge in [-0.2, -0.15) is 15.0 Å². The molecule has 1 amide bonds. The fraction of sp³-hybridized carbons (Fsp3) is 0.429. The molecule has 3 aliphatic rings. The fourth-order valence-corrected chi connectivity index (χ4v) is 4.47. The Morgan fingerprint density at radius 3 is 2.50 bits per heavy atom. The Morgan fingerprint density at radius 2 is 1.75 bits per heavy atom. The molecule has 3 aliphatic heterocycles. The number of rotatable bonds is 4. The summed E-state index contributed by atoms with van der Waals surface area (Å²) in [5, 5.41) is 8.87. The summed E-state index contributed by atoms with van der Waals surface area (Å²) in [6.45, 7) is 3.71. The molecule has 0 spiro atoms. The predicted molar refractivity (Wildman–Crippen MR) is 105 cm³/mol. The molecule has 1 aromatic carbocycles. The van der Waals surface area contributed by atoms with Crippen LogP contribution in [0, 0.1) is 5.92 Å². The first-order valence-electron chi connectivity index (χ1n) is 9.96. The van der Waals surface area contributed by atoms with Crippen LogP contribution in [-0.4, -0.2) is 61.4 Å². The molecule has 2 atom stereocenters. The van der Waals surface area contributed by atoms with Crippen LogP contribution in [0.15, 0.2) is 48.7 Å². The van der Waals surface area contributed by atoms with Crippen molar-refractivity contribution in [3.8, 4) is 0 Å². The molecule has 3 aromatic rings. The van der Waals surface area contributed by atoms with Crippen LogP contribution in [0.1, 0.15) is 18.5 Å². The molecule has 0 N–H and O–H groups in total. The maximum atomic E-state index is 13.0. The third-order valence-corrected chi connectivity index (χ3v) is 5.88. The summed E-state index contributed by atoms with van der Waals surface area (Å²) in [6, 6.07) is 14.2. The van der Waals surface area contributed by atoms with E-state index in [0.717, 1.165) is 49.3 Å². The van der Waals surface area contributed by atoms with Crippen LogP contribution in [0.3, 0.4) is 0 Å². The van der Waals surface area contributed by atoms with Gasteiger partial charge in [-0.1, -0.05) is 18.2 Å². The van der Waals surface area contributed by atoms with Crippen LogP contribution in [-0.2, 0) is 17.9 Å². The topological polar surface area (TPSA) is 67.2 Å². The monoisotopic (exact) mass is 376 g/mol. The van der Waals surface area contributed by atoms with Crippen molar-refractivity contribution in [3.63, 3.8) is 0 Å². The average Bonchev–Trinajstić information content (AvgIpc) is 2.89. The molecule has 0 saturated carbocycles. The van der Waals surface area contributed by atoms with Crippen molar-refractivity contribution >= 4 is 16.9 Å². The molecule has 144 valence electrons. The van der Waals surface area contributed by atoms with Gasteiger partial charge in [0.25, 0.3) is 0 Å². The maximum Gasteiger partial charge on any atom is 0.246 e. The second kappa shape index (κ2) is 7.31. The number of carbonyl (C=O) groups is 1. The number of carbonyl (C=O) groups excluding carboxylic acids is 1. The van der Waals surface area contributed by atoms with Crippen LogP contribution in [0.5, 0.6) is 0 Å². The van der Waals surface area contributed by atoms with E-state index in [9.17, 15) is 4.79 Å². The minimum atomic E-state index is 0.108. The normalized spacial score (nSPS) is 22.5. The Hall–Kier alpha value is -2.80. The van der Waals surface area contributed by atoms with Crippen molar-refractivity contribution in [1.29, 1.82) is 0 Å². The van der Waals surface area contributed by atoms with Gasteiger partial charge in [0.15, 0.2) is 0 Å². The molecule has 6 rings (SSSR count). The lowest BCUT2D eigenvalue weighted by atomic mass is 9.95. The van der Waals surface area contributed by atoms with E-state index in [1.54, 1.807) is 0 Å². The number of piperidine rings is 1. The molecule has 7 heteroatoms. The molecule has 3 fully saturated rings. The maximum absolute atomic E-state index is 13.0. The molecule has 28 heavy (non-hydrogen) atoms. The van der Waals surface area contributed by atoms with E-state index < -0.39 is 0 Å². The zero-order valence-corrected chi connectivity index (χ0v) is 15.8. The minimum absolute atomic E-state index is 0.108. The smallest absolute Gasteiger partial charge is 0.246 e. The van der Waals surface area contributed by atoms with Crippen LogP contribution in [0.2, 0.25) is 0 Å². The molecule has 0 unspecified atom stereocenters. The average molecular weight is 376 g/mol. The molecule has 7 nitrogen and oxygen atoms in total. The summed E-state index contributed by atoms with van der Waals surface area (Å²) in [4.78, 5) is 23.5. The number of pyridine rings is 1. The molecule has 0 radical (unpaired) electrons. The summed E-state index contributed by atoms with van der Waals surface area (Å²) in [5.41, 5.74) is 2.75. The van der Waals surface area contributed by atoms with E-state index in [2.05, 4.69) is 26.1 Å². The summed E-state index contributed by atoms with van der Waals surface area (Å²) in [7, 11) is 0. The zero-order valence-electron chi connectivity index (χ0n) is 15.8. The van der Waals surface area contributed by atoms with Gasteiger partial charge in [0.05, 0.1) is 5.69 Å². The van der Waals surface area contributed by atoms with Crippen LogP contribution >= 0.6 is 0 Å². The first-order valence-corrected chi connectivity index (χ1v) is 9.96. The number of fused-ring (bicyclic) bond motifs is 5. The Labute approximate surface area is 164 Å². The van der Waals surface area contributed by atoms with Gasteiger partial charge in [0.1, 0.15) is 17.6 Å². The summed E-state index contributed by atoms with van der Waals surface area (Å²) >= 11 is 0. The lowest BCUT2D eigenvalue weighted by Crippen LogP contribution is -2.44. The van der Waals surface area contributed by atoms with Gasteiger partial charge in [-0.15, -0.1) is 0 Å². The number of amides is 1. The van der Waals surface area contributed by atoms with Crippen molar-refractivity contribution in [1.82, 2.24) is 29.8 Å². The van der Waals surface area contributed by atoms with Gasteiger partial charge < -0.3 is 4.90 Å². The second-order valence-electron chi connectivity index (χ2n) is 7.87. The third kappa shape index (κ3) is 3.49. The lowest BCUT2D eigenvalue weighted by molar-refractivity contribution is -0.132. The van der Waals surface area contributed by atoms with Crippen molar-refractivity contribution in [2.45, 2.75) is 32.0 Å². The van der Waals surface area contributed by atoms with Crippen molar-refractivity contribution in [2.24, 2.45) is 5.92 Å². The highest BCUT2D eigenvalue weighted by molar-refractivity contribution is 5.77. The van der Waals surface area contributed by atoms with E-state index in [1.165, 1.54) is 11.2 Å². The van der Waals surface area contributed by atoms with Crippen molar-refractivity contribution in [3.05, 3.63) is 54.4 Å². The van der Waals surface area contributed by atoms with Gasteiger partial charge in [-0.25, -0.2) is 0 Å². The van der Waals surface area contributed by atoms with Gasteiger partial charge >= 0.3 is 0 Å². The number of hydrogen-bond donors (Lipinski definition) is 0. The van der Waals surface area contributed by atoms with E-state index >= 15 is 0 Å². The quantitative estimate of drug-likeness (QED) is 0.696. The first kappa shape index (κ1) is 17.3. The Kier molecular flexibility index (Phi) is 4.52. The molecule has 2 aromatic heterocycles. The number of hydrogen-bond acceptors (Lipinski definition) is 5. The summed E-state index contributed by atoms with van der Waals surface area (Å²) in [5.74, 6) is 0.632. The fourth-order valence-electron chi connectivity index (χ4n) is 4.47. The predicted octanol–water partition coefficient (Wildman–Crippen LogP) is 1.95. The van der Waals surface area contributed by atoms with Crippen molar-refractivity contribution < 1.29 is 4.79 Å². The third-order valence-electron chi connectivity index (χ3n) is 5.88. The van der Waals surface area contributed by atoms with Gasteiger partial charge in [0, 0.05) is 38.4 Å². The highest BCUT2D eigenvalue weighted by atomic mass is 16.2. The molecule has 0 aliphatic carbocycles. The summed E-state index contributed by atoms with van der Waals surface area (Å²) < 4.78 is 0. The number of aromatic nitrogens is 4. The first-order chi connectivity index (χ1) is 13.7. The van der Waals surface area contributed by atoms with Gasteiger partial charge in [-0.3, -0.25) is 14.7 Å². The highest BCUT2D eigenvalue weighted by Crippen LogP contribution is 2.29. The lowest BCUT2D eigenvalue weighted by Gasteiger charge is -2.35. The standard InChI is InChI=1S/C21H24N6O/c28-21(15-27-23-19-6-1-2-7-20(19)24-27)26-12-16-8-9-18(14-26)25(11-16)13-17-5-3-4-10-22-17/h1-7,10,16,18H,8-9,11-15H2/t16-,18-/m1/s1. The number of nitrogens with zero attached hydrogens (tertiary/aromatic N) is 6. The largest absolute Gasteiger partial charge is 0.339 e. The van der Waals surface area contributed by atoms with E-state index in [1.807, 2.05) is 47.5 Å². The minimum Gasteiger partial charge on any atom is -0.339 e. The molecule has 2 bridgehead atoms. The van der Waals surface area contributed by atoms with Crippen LogP contribution in [0.4, 0.5) is 0 Å². The van der Waals surface area contributed by atoms with Crippen molar-refractivity contribution in [2.75, 3.05) is 19.6 Å². The molecule has 5 heterocycles. The Morgan fingerprint density at radius 1 is 0.964 bits per heavy atom. The molecular weight excluding hydrogens is 352 g/mol. The molecule has 3 saturated heterocycles. The van der Waals surface area contributed by atoms with Crippen LogP contribution < -0.4 is 0 Å². The number of benzene rings is 1. The van der Waals surface area contributed by atoms with Gasteiger partial charge in [0.2, 0.25) is 5.91 Å². The SMILES string of the molecule is O=C(Cn1nc2ccccc2n1)N1C[C@@H]2CC[C@H](C1)N(Cc1ccccn1)C2. The zero-order chi connectivity index (χ0) is 18.9. The van der Waals surface area contributed by atoms with Gasteiger partial charge in [-0.05, 0) is 43.0 Å². The van der Waals surface area contributed by atoms with Crippen LogP contribution in [0.25, 0.3) is 11.0 Å². The highest BCUT2D eigenvalue weighted by Gasteiger charge is 2.36. The molecular formula is C21H24N6O. The van der Waals surface area contributed by atoms with E-state index in [4.69, 9.17) is 0 Å². The van der Waals surface area contributed by atoms with E-state index in [-0.39, 0.29) is 12.5 Å². The second-order valence-corrected chi connectivity index (χ2v) is 7.87. The Balaban J connectivity index is 1.28.